The fourth-order valence-corrected chi connectivity index (χ4v) is 3.08. The van der Waals surface area contributed by atoms with Gasteiger partial charge in [0.05, 0.1) is 22.8 Å². The van der Waals surface area contributed by atoms with E-state index in [4.69, 9.17) is 0 Å². The molecule has 8 bridgehead atoms. The second-order valence-electron chi connectivity index (χ2n) is 6.29. The van der Waals surface area contributed by atoms with Crippen LogP contribution in [-0.2, 0) is 0 Å². The summed E-state index contributed by atoms with van der Waals surface area (Å²) in [5, 5.41) is 0. The van der Waals surface area contributed by atoms with Gasteiger partial charge < -0.3 is 0 Å². The van der Waals surface area contributed by atoms with E-state index >= 15 is 0 Å². The summed E-state index contributed by atoms with van der Waals surface area (Å²) in [7, 11) is 0. The molecular weight excluding hydrogens is 352 g/mol. The van der Waals surface area contributed by atoms with Gasteiger partial charge in [0.2, 0.25) is 11.6 Å². The van der Waals surface area contributed by atoms with Gasteiger partial charge in [-0.1, -0.05) is 24.3 Å². The van der Waals surface area contributed by atoms with Crippen LogP contribution in [0.15, 0.2) is 72.8 Å². The Kier molecular flexibility index (Phi) is 3.62. The zero-order valence-electron chi connectivity index (χ0n) is 14.5. The fourth-order valence-electron chi connectivity index (χ4n) is 3.08. The highest BCUT2D eigenvalue weighted by atomic mass is 16.1. The predicted octanol–water partition coefficient (Wildman–Crippen LogP) is 3.38. The first-order valence-electron chi connectivity index (χ1n) is 8.67. The molecule has 0 saturated carbocycles. The molecule has 28 heavy (non-hydrogen) atoms. The second kappa shape index (κ2) is 6.28. The Balaban J connectivity index is 1.81. The molecule has 0 amide bonds. The highest BCUT2D eigenvalue weighted by Crippen LogP contribution is 2.21. The number of carbonyl (C=O) groups excluding carboxylic acids is 2. The van der Waals surface area contributed by atoms with Gasteiger partial charge in [0, 0.05) is 0 Å². The topological polar surface area (TPSA) is 85.7 Å². The minimum absolute atomic E-state index is 0.263. The minimum Gasteiger partial charge on any atom is -0.285 e. The molecule has 4 aromatic rings. The first-order valence-corrected chi connectivity index (χ1v) is 8.67. The van der Waals surface area contributed by atoms with E-state index in [1.165, 1.54) is 0 Å². The Morgan fingerprint density at radius 1 is 0.357 bits per heavy atom. The first-order chi connectivity index (χ1) is 13.7. The third kappa shape index (κ3) is 2.68. The van der Waals surface area contributed by atoms with Crippen molar-refractivity contribution in [1.82, 2.24) is 19.9 Å². The van der Waals surface area contributed by atoms with Crippen molar-refractivity contribution in [3.63, 3.8) is 0 Å². The van der Waals surface area contributed by atoms with Crippen LogP contribution < -0.4 is 0 Å². The first kappa shape index (κ1) is 16.1. The zero-order valence-corrected chi connectivity index (χ0v) is 14.5. The maximum absolute atomic E-state index is 12.9. The summed E-state index contributed by atoms with van der Waals surface area (Å²) in [5.41, 5.74) is 3.09. The summed E-state index contributed by atoms with van der Waals surface area (Å²) in [6.07, 6.45) is 0. The van der Waals surface area contributed by atoms with E-state index in [-0.39, 0.29) is 34.3 Å². The normalized spacial score (nSPS) is 12.4. The number of aromatic nitrogens is 4. The molecule has 0 atom stereocenters. The summed E-state index contributed by atoms with van der Waals surface area (Å²) < 4.78 is 0. The lowest BCUT2D eigenvalue weighted by Crippen LogP contribution is -2.11. The van der Waals surface area contributed by atoms with Gasteiger partial charge in [0.1, 0.15) is 22.8 Å². The van der Waals surface area contributed by atoms with Crippen LogP contribution in [0.25, 0.3) is 22.8 Å². The third-order valence-corrected chi connectivity index (χ3v) is 4.45. The summed E-state index contributed by atoms with van der Waals surface area (Å²) in [6.45, 7) is 0. The van der Waals surface area contributed by atoms with Crippen LogP contribution in [0.3, 0.4) is 0 Å². The molecule has 0 spiro atoms. The molecule has 5 rings (SSSR count). The van der Waals surface area contributed by atoms with Crippen LogP contribution in [0.1, 0.15) is 32.4 Å². The molecule has 0 N–H and O–H groups in total. The highest BCUT2D eigenvalue weighted by Gasteiger charge is 2.18. The van der Waals surface area contributed by atoms with Gasteiger partial charge in [-0.25, -0.2) is 19.9 Å². The van der Waals surface area contributed by atoms with E-state index in [0.29, 0.717) is 22.8 Å². The molecule has 1 aliphatic rings. The van der Waals surface area contributed by atoms with E-state index in [2.05, 4.69) is 19.9 Å². The van der Waals surface area contributed by atoms with Crippen LogP contribution >= 0.6 is 0 Å². The van der Waals surface area contributed by atoms with E-state index < -0.39 is 0 Å². The molecule has 6 nitrogen and oxygen atoms in total. The highest BCUT2D eigenvalue weighted by molar-refractivity contribution is 6.08. The van der Waals surface area contributed by atoms with E-state index in [1.54, 1.807) is 72.8 Å². The van der Waals surface area contributed by atoms with Gasteiger partial charge in [-0.2, -0.15) is 0 Å². The van der Waals surface area contributed by atoms with E-state index in [0.717, 1.165) is 0 Å². The maximum Gasteiger partial charge on any atom is 0.229 e. The molecule has 0 aliphatic carbocycles. The number of nitrogens with zero attached hydrogens (tertiary/aromatic N) is 4. The Morgan fingerprint density at radius 3 is 0.821 bits per heavy atom. The number of pyridine rings is 4. The molecule has 5 heterocycles. The standard InChI is InChI=1S/C22H12N4O2/c27-21-17-9-1-5-13(23-17)14-6-2-11-19(24-14)22(28)20-12-4-8-16(26-20)15-7-3-10-18(21)25-15/h1-12H. The molecular formula is C22H12N4O2. The molecule has 0 saturated heterocycles. The molecule has 0 radical (unpaired) electrons. The van der Waals surface area contributed by atoms with Crippen molar-refractivity contribution < 1.29 is 9.59 Å². The fraction of sp³-hybridized carbons (Fsp3) is 0. The van der Waals surface area contributed by atoms with Gasteiger partial charge >= 0.3 is 0 Å². The third-order valence-electron chi connectivity index (χ3n) is 4.45. The SMILES string of the molecule is O=C1c2cccc(n2)-c2cccc(n2)C(=O)c2cccc(n2)-c2cccc1n2. The van der Waals surface area contributed by atoms with Crippen LogP contribution in [0.5, 0.6) is 0 Å². The van der Waals surface area contributed by atoms with Crippen LogP contribution in [0.2, 0.25) is 0 Å². The lowest BCUT2D eigenvalue weighted by Gasteiger charge is -2.09. The zero-order chi connectivity index (χ0) is 19.1. The van der Waals surface area contributed by atoms with Crippen molar-refractivity contribution in [3.8, 4) is 22.8 Å². The second-order valence-corrected chi connectivity index (χ2v) is 6.29. The molecule has 132 valence electrons. The van der Waals surface area contributed by atoms with Crippen molar-refractivity contribution in [2.45, 2.75) is 0 Å². The molecule has 0 unspecified atom stereocenters. The van der Waals surface area contributed by atoms with Crippen LogP contribution in [-0.4, -0.2) is 31.5 Å². The monoisotopic (exact) mass is 364 g/mol. The van der Waals surface area contributed by atoms with Gasteiger partial charge in [-0.15, -0.1) is 0 Å². The average molecular weight is 364 g/mol. The molecule has 6 heteroatoms. The largest absolute Gasteiger partial charge is 0.285 e. The van der Waals surface area contributed by atoms with Gasteiger partial charge in [0.15, 0.2) is 0 Å². The van der Waals surface area contributed by atoms with Gasteiger partial charge in [-0.05, 0) is 48.5 Å². The summed E-state index contributed by atoms with van der Waals surface area (Å²) in [5.74, 6) is -0.576. The van der Waals surface area contributed by atoms with Crippen molar-refractivity contribution in [2.75, 3.05) is 0 Å². The lowest BCUT2D eigenvalue weighted by molar-refractivity contribution is 0.102. The predicted molar refractivity (Wildman–Crippen MR) is 102 cm³/mol. The maximum atomic E-state index is 12.9. The molecule has 0 aromatic carbocycles. The quantitative estimate of drug-likeness (QED) is 0.419. The van der Waals surface area contributed by atoms with Crippen LogP contribution in [0.4, 0.5) is 0 Å². The Morgan fingerprint density at radius 2 is 0.571 bits per heavy atom. The number of fused-ring (bicyclic) bond motifs is 10. The van der Waals surface area contributed by atoms with Gasteiger partial charge in [0.25, 0.3) is 0 Å². The van der Waals surface area contributed by atoms with Crippen molar-refractivity contribution >= 4 is 11.6 Å². The van der Waals surface area contributed by atoms with E-state index in [9.17, 15) is 9.59 Å². The Hall–Kier alpha value is -4.06. The van der Waals surface area contributed by atoms with Crippen LogP contribution in [0, 0.1) is 0 Å². The summed E-state index contributed by atoms with van der Waals surface area (Å²) in [6, 6.07) is 20.5. The Bertz CT molecular complexity index is 1070. The molecule has 4 aromatic heterocycles. The summed E-state index contributed by atoms with van der Waals surface area (Å²) >= 11 is 0. The van der Waals surface area contributed by atoms with Crippen molar-refractivity contribution in [3.05, 3.63) is 95.6 Å². The van der Waals surface area contributed by atoms with Crippen molar-refractivity contribution in [2.24, 2.45) is 0 Å². The van der Waals surface area contributed by atoms with E-state index in [1.807, 2.05) is 0 Å². The van der Waals surface area contributed by atoms with Crippen molar-refractivity contribution in [1.29, 1.82) is 0 Å². The number of carbonyl (C=O) groups is 2. The smallest absolute Gasteiger partial charge is 0.229 e. The van der Waals surface area contributed by atoms with Gasteiger partial charge in [-0.3, -0.25) is 9.59 Å². The Labute approximate surface area is 160 Å². The average Bonchev–Trinajstić information content (AvgIpc) is 2.78. The molecule has 1 aliphatic heterocycles. The summed E-state index contributed by atoms with van der Waals surface area (Å²) in [4.78, 5) is 43.6. The molecule has 0 fully saturated rings. The number of rotatable bonds is 0. The minimum atomic E-state index is -0.288. The number of hydrogen-bond acceptors (Lipinski definition) is 6. The number of hydrogen-bond donors (Lipinski definition) is 0. The lowest BCUT2D eigenvalue weighted by atomic mass is 10.1. The number of ketones is 2.